The molecular formula is C20H21FN2O3. The van der Waals surface area contributed by atoms with E-state index in [0.29, 0.717) is 11.3 Å². The highest BCUT2D eigenvalue weighted by Crippen LogP contribution is 2.14. The van der Waals surface area contributed by atoms with Crippen molar-refractivity contribution in [1.82, 2.24) is 5.32 Å². The van der Waals surface area contributed by atoms with Gasteiger partial charge in [-0.25, -0.2) is 4.39 Å². The van der Waals surface area contributed by atoms with Crippen molar-refractivity contribution in [3.63, 3.8) is 0 Å². The molecule has 0 fully saturated rings. The topological polar surface area (TPSA) is 75.3 Å². The van der Waals surface area contributed by atoms with Gasteiger partial charge in [-0.2, -0.15) is 0 Å². The van der Waals surface area contributed by atoms with Crippen LogP contribution in [0.25, 0.3) is 0 Å². The van der Waals surface area contributed by atoms with E-state index in [1.165, 1.54) is 31.2 Å². The number of halogens is 1. The average molecular weight is 356 g/mol. The lowest BCUT2D eigenvalue weighted by molar-refractivity contribution is -0.118. The lowest BCUT2D eigenvalue weighted by Gasteiger charge is -2.22. The predicted octanol–water partition coefficient (Wildman–Crippen LogP) is 3.42. The highest BCUT2D eigenvalue weighted by Gasteiger charge is 2.25. The molecule has 5 nitrogen and oxygen atoms in total. The van der Waals surface area contributed by atoms with Crippen molar-refractivity contribution < 1.29 is 18.8 Å². The average Bonchev–Trinajstić information content (AvgIpc) is 2.59. The quantitative estimate of drug-likeness (QED) is 0.779. The van der Waals surface area contributed by atoms with Crippen LogP contribution >= 0.6 is 0 Å². The summed E-state index contributed by atoms with van der Waals surface area (Å²) in [4.78, 5) is 36.4. The summed E-state index contributed by atoms with van der Waals surface area (Å²) in [5, 5.41) is 5.39. The van der Waals surface area contributed by atoms with Crippen molar-refractivity contribution in [2.45, 2.75) is 26.8 Å². The van der Waals surface area contributed by atoms with Crippen molar-refractivity contribution in [3.05, 3.63) is 65.5 Å². The van der Waals surface area contributed by atoms with Gasteiger partial charge in [0.1, 0.15) is 11.9 Å². The molecule has 2 aromatic rings. The number of ketones is 1. The number of anilines is 1. The summed E-state index contributed by atoms with van der Waals surface area (Å²) >= 11 is 0. The smallest absolute Gasteiger partial charge is 0.251 e. The van der Waals surface area contributed by atoms with E-state index >= 15 is 0 Å². The molecule has 0 aliphatic heterocycles. The van der Waals surface area contributed by atoms with Crippen LogP contribution < -0.4 is 10.6 Å². The molecule has 1 atom stereocenters. The molecule has 26 heavy (non-hydrogen) atoms. The first-order valence-electron chi connectivity index (χ1n) is 8.26. The minimum absolute atomic E-state index is 0.105. The summed E-state index contributed by atoms with van der Waals surface area (Å²) < 4.78 is 13.0. The van der Waals surface area contributed by atoms with Crippen LogP contribution in [0.3, 0.4) is 0 Å². The molecule has 2 rings (SSSR count). The van der Waals surface area contributed by atoms with E-state index in [9.17, 15) is 18.8 Å². The Balaban J connectivity index is 2.12. The SMILES string of the molecule is CC(=O)c1cccc(NC(=O)[C@@H](NC(=O)c2ccc(F)cc2)C(C)C)c1. The van der Waals surface area contributed by atoms with E-state index in [-0.39, 0.29) is 17.3 Å². The predicted molar refractivity (Wildman–Crippen MR) is 97.6 cm³/mol. The van der Waals surface area contributed by atoms with E-state index in [2.05, 4.69) is 10.6 Å². The Morgan fingerprint density at radius 1 is 0.962 bits per heavy atom. The van der Waals surface area contributed by atoms with Gasteiger partial charge in [0, 0.05) is 16.8 Å². The van der Waals surface area contributed by atoms with E-state index in [1.54, 1.807) is 38.1 Å². The van der Waals surface area contributed by atoms with E-state index in [0.717, 1.165) is 0 Å². The first-order valence-corrected chi connectivity index (χ1v) is 8.26. The number of rotatable bonds is 6. The van der Waals surface area contributed by atoms with Crippen LogP contribution in [0.4, 0.5) is 10.1 Å². The van der Waals surface area contributed by atoms with Gasteiger partial charge in [-0.15, -0.1) is 0 Å². The molecule has 2 amide bonds. The van der Waals surface area contributed by atoms with Crippen molar-refractivity contribution in [3.8, 4) is 0 Å². The second kappa shape index (κ2) is 8.38. The zero-order valence-corrected chi connectivity index (χ0v) is 14.9. The Bertz CT molecular complexity index is 816. The molecule has 0 unspecified atom stereocenters. The van der Waals surface area contributed by atoms with Gasteiger partial charge >= 0.3 is 0 Å². The number of carbonyl (C=O) groups is 3. The number of Topliss-reactive ketones (excluding diaryl/α,β-unsaturated/α-hetero) is 1. The van der Waals surface area contributed by atoms with Gasteiger partial charge in [-0.3, -0.25) is 14.4 Å². The standard InChI is InChI=1S/C20H21FN2O3/c1-12(2)18(23-19(25)14-7-9-16(21)10-8-14)20(26)22-17-6-4-5-15(11-17)13(3)24/h4-12,18H,1-3H3,(H,22,26)(H,23,25)/t18-/m0/s1. The Labute approximate surface area is 151 Å². The summed E-state index contributed by atoms with van der Waals surface area (Å²) in [6.07, 6.45) is 0. The third kappa shape index (κ3) is 4.99. The van der Waals surface area contributed by atoms with E-state index in [4.69, 9.17) is 0 Å². The molecule has 0 saturated heterocycles. The number of benzene rings is 2. The fourth-order valence-corrected chi connectivity index (χ4v) is 2.40. The number of hydrogen-bond donors (Lipinski definition) is 2. The summed E-state index contributed by atoms with van der Waals surface area (Å²) in [5.41, 5.74) is 1.23. The first kappa shape index (κ1) is 19.3. The van der Waals surface area contributed by atoms with Gasteiger partial charge in [0.15, 0.2) is 5.78 Å². The van der Waals surface area contributed by atoms with Gasteiger partial charge < -0.3 is 10.6 Å². The molecular weight excluding hydrogens is 335 g/mol. The molecule has 0 aliphatic carbocycles. The molecule has 136 valence electrons. The third-order valence-corrected chi connectivity index (χ3v) is 3.88. The van der Waals surface area contributed by atoms with Crippen LogP contribution in [0.2, 0.25) is 0 Å². The van der Waals surface area contributed by atoms with Crippen molar-refractivity contribution in [2.24, 2.45) is 5.92 Å². The lowest BCUT2D eigenvalue weighted by atomic mass is 10.0. The van der Waals surface area contributed by atoms with E-state index in [1.807, 2.05) is 0 Å². The van der Waals surface area contributed by atoms with Crippen LogP contribution in [-0.2, 0) is 4.79 Å². The zero-order chi connectivity index (χ0) is 19.3. The van der Waals surface area contributed by atoms with Crippen molar-refractivity contribution >= 4 is 23.3 Å². The van der Waals surface area contributed by atoms with Crippen molar-refractivity contribution in [1.29, 1.82) is 0 Å². The van der Waals surface area contributed by atoms with Gasteiger partial charge in [-0.1, -0.05) is 26.0 Å². The largest absolute Gasteiger partial charge is 0.340 e. The molecule has 0 radical (unpaired) electrons. The maximum Gasteiger partial charge on any atom is 0.251 e. The Kier molecular flexibility index (Phi) is 6.22. The Morgan fingerprint density at radius 3 is 2.19 bits per heavy atom. The molecule has 0 aliphatic rings. The third-order valence-electron chi connectivity index (χ3n) is 3.88. The number of hydrogen-bond acceptors (Lipinski definition) is 3. The molecule has 2 aromatic carbocycles. The van der Waals surface area contributed by atoms with Crippen LogP contribution in [0.5, 0.6) is 0 Å². The highest BCUT2D eigenvalue weighted by atomic mass is 19.1. The molecule has 2 N–H and O–H groups in total. The second-order valence-corrected chi connectivity index (χ2v) is 6.33. The maximum absolute atomic E-state index is 13.0. The minimum Gasteiger partial charge on any atom is -0.340 e. The molecule has 0 spiro atoms. The number of nitrogens with one attached hydrogen (secondary N) is 2. The molecule has 0 bridgehead atoms. The summed E-state index contributed by atoms with van der Waals surface area (Å²) in [5.74, 6) is -1.57. The summed E-state index contributed by atoms with van der Waals surface area (Å²) in [6, 6.07) is 10.9. The van der Waals surface area contributed by atoms with Crippen molar-refractivity contribution in [2.75, 3.05) is 5.32 Å². The maximum atomic E-state index is 13.0. The summed E-state index contributed by atoms with van der Waals surface area (Å²) in [7, 11) is 0. The van der Waals surface area contributed by atoms with Gasteiger partial charge in [-0.05, 0) is 49.2 Å². The normalized spacial score (nSPS) is 11.7. The fourth-order valence-electron chi connectivity index (χ4n) is 2.40. The molecule has 0 saturated carbocycles. The van der Waals surface area contributed by atoms with Crippen LogP contribution in [0.1, 0.15) is 41.5 Å². The van der Waals surface area contributed by atoms with Crippen LogP contribution in [0, 0.1) is 11.7 Å². The van der Waals surface area contributed by atoms with E-state index < -0.39 is 23.7 Å². The van der Waals surface area contributed by atoms with Crippen LogP contribution in [0.15, 0.2) is 48.5 Å². The highest BCUT2D eigenvalue weighted by molar-refractivity contribution is 6.02. The fraction of sp³-hybridized carbons (Fsp3) is 0.250. The van der Waals surface area contributed by atoms with Gasteiger partial charge in [0.05, 0.1) is 0 Å². The van der Waals surface area contributed by atoms with Crippen LogP contribution in [-0.4, -0.2) is 23.6 Å². The first-order chi connectivity index (χ1) is 12.3. The molecule has 0 heterocycles. The monoisotopic (exact) mass is 356 g/mol. The zero-order valence-electron chi connectivity index (χ0n) is 14.9. The Hall–Kier alpha value is -3.02. The van der Waals surface area contributed by atoms with Gasteiger partial charge in [0.2, 0.25) is 5.91 Å². The number of amides is 2. The molecule has 6 heteroatoms. The van der Waals surface area contributed by atoms with Gasteiger partial charge in [0.25, 0.3) is 5.91 Å². The number of carbonyl (C=O) groups excluding carboxylic acids is 3. The lowest BCUT2D eigenvalue weighted by Crippen LogP contribution is -2.47. The summed E-state index contributed by atoms with van der Waals surface area (Å²) in [6.45, 7) is 5.06. The second-order valence-electron chi connectivity index (χ2n) is 6.33. The Morgan fingerprint density at radius 2 is 1.62 bits per heavy atom. The minimum atomic E-state index is -0.784. The molecule has 0 aromatic heterocycles.